The second-order valence-electron chi connectivity index (χ2n) is 11.3. The van der Waals surface area contributed by atoms with Gasteiger partial charge in [0.05, 0.1) is 11.4 Å². The van der Waals surface area contributed by atoms with Gasteiger partial charge in [-0.25, -0.2) is 19.0 Å². The topological polar surface area (TPSA) is 255 Å². The van der Waals surface area contributed by atoms with Gasteiger partial charge >= 0.3 is 18.2 Å². The Morgan fingerprint density at radius 1 is 1.17 bits per heavy atom. The lowest BCUT2D eigenvalue weighted by atomic mass is 9.93. The number of rotatable bonds is 11. The van der Waals surface area contributed by atoms with E-state index in [4.69, 9.17) is 19.6 Å². The molecule has 48 heavy (non-hydrogen) atoms. The van der Waals surface area contributed by atoms with E-state index in [-0.39, 0.29) is 23.6 Å². The summed E-state index contributed by atoms with van der Waals surface area (Å²) in [6, 6.07) is 8.42. The summed E-state index contributed by atoms with van der Waals surface area (Å²) in [6.45, 7) is 4.61. The van der Waals surface area contributed by atoms with Crippen molar-refractivity contribution in [2.45, 2.75) is 69.7 Å². The maximum Gasteiger partial charge on any atom is 0.511 e. The Bertz CT molecular complexity index is 1570. The van der Waals surface area contributed by atoms with Crippen LogP contribution in [0.2, 0.25) is 0 Å². The molecular weight excluding hydrogens is 639 g/mol. The largest absolute Gasteiger partial charge is 0.511 e. The lowest BCUT2D eigenvalue weighted by Gasteiger charge is -2.24. The Morgan fingerprint density at radius 2 is 1.85 bits per heavy atom. The molecule has 0 aliphatic carbocycles. The fraction of sp³-hybridized carbons (Fsp3) is 0.433. The Balaban J connectivity index is 1.80. The van der Waals surface area contributed by atoms with Crippen LogP contribution in [0.4, 0.5) is 14.0 Å². The zero-order valence-electron chi connectivity index (χ0n) is 26.3. The molecule has 0 unspecified atom stereocenters. The molecule has 3 rings (SSSR count). The lowest BCUT2D eigenvalue weighted by Crippen LogP contribution is -2.51. The highest BCUT2D eigenvalue weighted by molar-refractivity contribution is 6.10. The van der Waals surface area contributed by atoms with Crippen LogP contribution in [0.3, 0.4) is 0 Å². The zero-order valence-corrected chi connectivity index (χ0v) is 26.3. The molecule has 0 radical (unpaired) electrons. The number of esters is 1. The average molecular weight is 675 g/mol. The zero-order chi connectivity index (χ0) is 35.6. The molecule has 1 aromatic carbocycles. The minimum Gasteiger partial charge on any atom is -0.444 e. The van der Waals surface area contributed by atoms with E-state index in [1.807, 2.05) is 0 Å². The van der Waals surface area contributed by atoms with E-state index < -0.39 is 78.9 Å². The van der Waals surface area contributed by atoms with Gasteiger partial charge in [0.15, 0.2) is 5.84 Å². The van der Waals surface area contributed by atoms with Gasteiger partial charge in [0.2, 0.25) is 18.3 Å². The number of benzene rings is 1. The number of aliphatic imine (C=N–C) groups is 1. The lowest BCUT2D eigenvalue weighted by molar-refractivity contribution is -0.151. The van der Waals surface area contributed by atoms with Gasteiger partial charge in [-0.2, -0.15) is 5.26 Å². The third kappa shape index (κ3) is 9.81. The van der Waals surface area contributed by atoms with Crippen molar-refractivity contribution in [3.8, 4) is 6.07 Å². The number of carbonyl (C=O) groups is 4. The van der Waals surface area contributed by atoms with Crippen LogP contribution in [-0.4, -0.2) is 94.9 Å². The summed E-state index contributed by atoms with van der Waals surface area (Å²) in [5, 5.41) is 43.9. The molecule has 1 aliphatic heterocycles. The first-order chi connectivity index (χ1) is 22.6. The molecule has 258 valence electrons. The van der Waals surface area contributed by atoms with E-state index >= 15 is 0 Å². The van der Waals surface area contributed by atoms with Crippen LogP contribution in [-0.2, 0) is 45.3 Å². The van der Waals surface area contributed by atoms with Gasteiger partial charge in [0.1, 0.15) is 54.8 Å². The first-order valence-electron chi connectivity index (χ1n) is 14.3. The number of nitrogens with one attached hydrogen (secondary N) is 4. The van der Waals surface area contributed by atoms with Crippen LogP contribution >= 0.6 is 0 Å². The number of aliphatic hydroxyl groups excluding tert-OH is 2. The van der Waals surface area contributed by atoms with E-state index in [0.29, 0.717) is 11.9 Å². The average Bonchev–Trinajstić information content (AvgIpc) is 3.59. The summed E-state index contributed by atoms with van der Waals surface area (Å²) in [6.07, 6.45) is -6.65. The van der Waals surface area contributed by atoms with Gasteiger partial charge in [0.25, 0.3) is 0 Å². The molecule has 1 aliphatic rings. The number of carbonyl (C=O) groups excluding carboxylic acids is 4. The van der Waals surface area contributed by atoms with Gasteiger partial charge in [-0.15, -0.1) is 0 Å². The number of ether oxygens (including phenoxy) is 5. The number of alkyl carbamates (subject to hydrolysis) is 1. The Morgan fingerprint density at radius 3 is 2.46 bits per heavy atom. The summed E-state index contributed by atoms with van der Waals surface area (Å²) in [7, 11) is 0. The van der Waals surface area contributed by atoms with Crippen LogP contribution in [0.1, 0.15) is 44.6 Å². The first-order valence-corrected chi connectivity index (χ1v) is 14.3. The van der Waals surface area contributed by atoms with Crippen LogP contribution in [0, 0.1) is 22.6 Å². The van der Waals surface area contributed by atoms with E-state index in [2.05, 4.69) is 30.1 Å². The molecule has 2 heterocycles. The number of aromatic amines is 1. The monoisotopic (exact) mass is 674 g/mol. The predicted molar refractivity (Wildman–Crippen MR) is 161 cm³/mol. The van der Waals surface area contributed by atoms with E-state index in [9.17, 15) is 39.0 Å². The third-order valence-corrected chi connectivity index (χ3v) is 6.57. The van der Waals surface area contributed by atoms with Crippen molar-refractivity contribution in [1.29, 1.82) is 10.7 Å². The number of nitrogens with zero attached hydrogens (tertiary/aromatic N) is 2. The summed E-state index contributed by atoms with van der Waals surface area (Å²) in [4.78, 5) is 55.2. The number of hydrogen-bond donors (Lipinski definition) is 6. The Kier molecular flexibility index (Phi) is 12.3. The number of H-pyrrole nitrogens is 1. The molecule has 6 N–H and O–H groups in total. The van der Waals surface area contributed by atoms with Gasteiger partial charge in [0, 0.05) is 13.3 Å². The maximum atomic E-state index is 13.5. The number of hydrogen-bond acceptors (Lipinski definition) is 13. The highest BCUT2D eigenvalue weighted by Gasteiger charge is 2.57. The van der Waals surface area contributed by atoms with Crippen LogP contribution < -0.4 is 10.6 Å². The summed E-state index contributed by atoms with van der Waals surface area (Å²) >= 11 is 0. The van der Waals surface area contributed by atoms with E-state index in [0.717, 1.165) is 6.92 Å². The van der Waals surface area contributed by atoms with Gasteiger partial charge in [-0.3, -0.25) is 15.0 Å². The molecule has 1 fully saturated rings. The van der Waals surface area contributed by atoms with Crippen LogP contribution in [0.25, 0.3) is 0 Å². The minimum absolute atomic E-state index is 0.0216. The number of amides is 2. The molecule has 5 atom stereocenters. The molecule has 17 nitrogen and oxygen atoms in total. The van der Waals surface area contributed by atoms with Gasteiger partial charge < -0.3 is 49.5 Å². The smallest absolute Gasteiger partial charge is 0.444 e. The maximum absolute atomic E-state index is 13.5. The number of halogens is 1. The number of aliphatic hydroxyl groups is 2. The van der Waals surface area contributed by atoms with Crippen molar-refractivity contribution in [1.82, 2.24) is 15.6 Å². The number of amidine groups is 1. The van der Waals surface area contributed by atoms with Crippen molar-refractivity contribution >= 4 is 36.3 Å². The van der Waals surface area contributed by atoms with Crippen molar-refractivity contribution in [3.63, 3.8) is 0 Å². The molecule has 1 aromatic heterocycles. The first kappa shape index (κ1) is 37.1. The van der Waals surface area contributed by atoms with E-state index in [1.54, 1.807) is 26.8 Å². The summed E-state index contributed by atoms with van der Waals surface area (Å²) in [5.74, 6) is -2.25. The highest BCUT2D eigenvalue weighted by atomic mass is 19.1. The Hall–Kier alpha value is -5.38. The van der Waals surface area contributed by atoms with Crippen LogP contribution in [0.5, 0.6) is 0 Å². The molecular formula is C30H35FN6O11. The second kappa shape index (κ2) is 15.9. The van der Waals surface area contributed by atoms with Crippen LogP contribution in [0.15, 0.2) is 41.4 Å². The quantitative estimate of drug-likeness (QED) is 0.0648. The number of aromatic nitrogens is 1. The minimum atomic E-state index is -2.23. The molecule has 0 spiro atoms. The fourth-order valence-electron chi connectivity index (χ4n) is 4.39. The second-order valence-corrected chi connectivity index (χ2v) is 11.3. The van der Waals surface area contributed by atoms with Crippen molar-refractivity contribution in [2.24, 2.45) is 4.99 Å². The van der Waals surface area contributed by atoms with Crippen molar-refractivity contribution in [2.75, 3.05) is 13.4 Å². The number of nitriles is 1. The summed E-state index contributed by atoms with van der Waals surface area (Å²) < 4.78 is 38.2. The summed E-state index contributed by atoms with van der Waals surface area (Å²) in [5.41, 5.74) is -2.69. The molecule has 0 bridgehead atoms. The van der Waals surface area contributed by atoms with Crippen molar-refractivity contribution in [3.05, 3.63) is 59.2 Å². The Labute approximate surface area is 273 Å². The molecule has 2 amide bonds. The fourth-order valence-corrected chi connectivity index (χ4v) is 4.39. The normalized spacial score (nSPS) is 21.3. The predicted octanol–water partition coefficient (Wildman–Crippen LogP) is 1.27. The van der Waals surface area contributed by atoms with E-state index in [1.165, 1.54) is 36.4 Å². The highest BCUT2D eigenvalue weighted by Crippen LogP contribution is 2.39. The van der Waals surface area contributed by atoms with Gasteiger partial charge in [-0.1, -0.05) is 12.1 Å². The molecule has 2 aromatic rings. The molecule has 0 saturated carbocycles. The van der Waals surface area contributed by atoms with Crippen molar-refractivity contribution < 1.29 is 57.5 Å². The third-order valence-electron chi connectivity index (χ3n) is 6.57. The standard InChI is InChI=1S/C30H35FN6O11/c1-16(38)45-15-46-28(43)44-12-21-23(39)24(40)30(13-32,47-21)22-10-9-19(35-22)25(34-14-33)37-26(41)20(36-27(42)48-29(2,3)4)11-17-5-7-18(31)8-6-17/h5-10,14,20-21,23-24,35,39-40H,11-12,15H2,1-4H3,(H,36,42)(H2,33,34,37,41)/t20-,21+,23+,24+,30-/m0/s1. The SMILES string of the molecule is CC(=O)OCOC(=O)OC[C@H]1O[C@@](C#N)(c2ccc(C(=NC=N)NC(=O)[C@H](Cc3ccc(F)cc3)NC(=O)OC(C)(C)C)[nH]2)[C@H](O)[C@@H]1O. The molecule has 1 saturated heterocycles. The molecule has 18 heteroatoms. The van der Waals surface area contributed by atoms with Gasteiger partial charge in [-0.05, 0) is 50.6 Å².